The van der Waals surface area contributed by atoms with E-state index in [1.807, 2.05) is 6.07 Å². The Hall–Kier alpha value is -3.07. The van der Waals surface area contributed by atoms with Gasteiger partial charge in [-0.3, -0.25) is 4.79 Å². The van der Waals surface area contributed by atoms with E-state index in [0.717, 1.165) is 0 Å². The van der Waals surface area contributed by atoms with Gasteiger partial charge in [0, 0.05) is 23.8 Å². The highest BCUT2D eigenvalue weighted by atomic mass is 16.7. The van der Waals surface area contributed by atoms with Gasteiger partial charge in [-0.05, 0) is 0 Å². The molecule has 1 aromatic heterocycles. The van der Waals surface area contributed by atoms with Crippen molar-refractivity contribution in [1.29, 1.82) is 0 Å². The molecule has 2 aliphatic heterocycles. The van der Waals surface area contributed by atoms with Crippen molar-refractivity contribution < 1.29 is 54.0 Å². The third-order valence-corrected chi connectivity index (χ3v) is 6.23. The van der Waals surface area contributed by atoms with E-state index in [1.54, 1.807) is 24.3 Å². The summed E-state index contributed by atoms with van der Waals surface area (Å²) in [4.78, 5) is 13.2. The van der Waals surface area contributed by atoms with Crippen LogP contribution >= 0.6 is 0 Å². The van der Waals surface area contributed by atoms with Gasteiger partial charge in [0.15, 0.2) is 5.43 Å². The minimum atomic E-state index is -1.64. The second kappa shape index (κ2) is 10.4. The van der Waals surface area contributed by atoms with Crippen LogP contribution in [-0.4, -0.2) is 93.1 Å². The van der Waals surface area contributed by atoms with Crippen LogP contribution in [0.5, 0.6) is 11.5 Å². The summed E-state index contributed by atoms with van der Waals surface area (Å²) in [5, 5.41) is 60.0. The second-order valence-corrected chi connectivity index (χ2v) is 8.87. The summed E-state index contributed by atoms with van der Waals surface area (Å²) in [7, 11) is 0. The van der Waals surface area contributed by atoms with Crippen molar-refractivity contribution in [2.75, 3.05) is 13.2 Å². The van der Waals surface area contributed by atoms with Gasteiger partial charge in [0.05, 0.1) is 13.2 Å². The molecule has 0 radical (unpaired) electrons. The van der Waals surface area contributed by atoms with Crippen LogP contribution < -0.4 is 14.9 Å². The SMILES string of the molecule is O=c1cc(-c2ccccc2)oc2cc(O[C@@H]3OC[C@H](O)C(O)C3O)cc(O[C@@H]3OC[C@H](O)C(O)C3O)c12. The summed E-state index contributed by atoms with van der Waals surface area (Å²) in [5.41, 5.74) is 0.164. The van der Waals surface area contributed by atoms with Crippen molar-refractivity contribution in [3.05, 3.63) is 58.8 Å². The van der Waals surface area contributed by atoms with Crippen LogP contribution in [0.2, 0.25) is 0 Å². The number of aliphatic hydroxyl groups excluding tert-OH is 6. The number of hydrogen-bond donors (Lipinski definition) is 6. The number of hydrogen-bond acceptors (Lipinski definition) is 12. The van der Waals surface area contributed by atoms with E-state index in [2.05, 4.69) is 0 Å². The molecule has 8 atom stereocenters. The molecule has 12 nitrogen and oxygen atoms in total. The average molecular weight is 518 g/mol. The van der Waals surface area contributed by atoms with Crippen LogP contribution in [0.25, 0.3) is 22.3 Å². The first kappa shape index (κ1) is 25.6. The predicted octanol–water partition coefficient (Wildman–Crippen LogP) is -0.904. The zero-order chi connectivity index (χ0) is 26.3. The second-order valence-electron chi connectivity index (χ2n) is 8.87. The van der Waals surface area contributed by atoms with E-state index in [-0.39, 0.29) is 41.4 Å². The van der Waals surface area contributed by atoms with Gasteiger partial charge in [-0.2, -0.15) is 0 Å². The molecule has 198 valence electrons. The van der Waals surface area contributed by atoms with E-state index < -0.39 is 54.6 Å². The number of ether oxygens (including phenoxy) is 4. The lowest BCUT2D eigenvalue weighted by Crippen LogP contribution is -2.55. The molecular formula is C25H26O12. The summed E-state index contributed by atoms with van der Waals surface area (Å²) in [6, 6.07) is 12.8. The molecule has 0 aliphatic carbocycles. The van der Waals surface area contributed by atoms with E-state index in [1.165, 1.54) is 18.2 Å². The summed E-state index contributed by atoms with van der Waals surface area (Å²) >= 11 is 0. The van der Waals surface area contributed by atoms with E-state index >= 15 is 0 Å². The Bertz CT molecular complexity index is 1290. The molecule has 3 heterocycles. The van der Waals surface area contributed by atoms with Crippen LogP contribution in [0.3, 0.4) is 0 Å². The molecule has 4 unspecified atom stereocenters. The maximum atomic E-state index is 13.2. The molecule has 0 amide bonds. The van der Waals surface area contributed by atoms with Gasteiger partial charge >= 0.3 is 0 Å². The van der Waals surface area contributed by atoms with Gasteiger partial charge in [-0.1, -0.05) is 30.3 Å². The van der Waals surface area contributed by atoms with Crippen molar-refractivity contribution in [2.45, 2.75) is 49.2 Å². The Balaban J connectivity index is 1.56. The largest absolute Gasteiger partial charge is 0.462 e. The third-order valence-electron chi connectivity index (χ3n) is 6.23. The molecular weight excluding hydrogens is 492 g/mol. The first-order valence-electron chi connectivity index (χ1n) is 11.5. The summed E-state index contributed by atoms with van der Waals surface area (Å²) in [6.07, 6.45) is -11.7. The molecule has 5 rings (SSSR count). The van der Waals surface area contributed by atoms with Gasteiger partial charge in [-0.25, -0.2) is 0 Å². The molecule has 12 heteroatoms. The smallest absolute Gasteiger partial charge is 0.228 e. The maximum absolute atomic E-state index is 13.2. The topological polar surface area (TPSA) is 189 Å². The van der Waals surface area contributed by atoms with Gasteiger partial charge in [0.1, 0.15) is 64.9 Å². The minimum absolute atomic E-state index is 0.00520. The first-order valence-corrected chi connectivity index (χ1v) is 11.5. The fourth-order valence-corrected chi connectivity index (χ4v) is 4.16. The van der Waals surface area contributed by atoms with E-state index in [4.69, 9.17) is 23.4 Å². The van der Waals surface area contributed by atoms with Gasteiger partial charge < -0.3 is 54.0 Å². The summed E-state index contributed by atoms with van der Waals surface area (Å²) in [6.45, 7) is -0.624. The quantitative estimate of drug-likeness (QED) is 0.244. The molecule has 2 aromatic carbocycles. The van der Waals surface area contributed by atoms with Crippen molar-refractivity contribution in [3.63, 3.8) is 0 Å². The van der Waals surface area contributed by atoms with Gasteiger partial charge in [0.2, 0.25) is 12.6 Å². The molecule has 6 N–H and O–H groups in total. The summed E-state index contributed by atoms with van der Waals surface area (Å²) < 4.78 is 28.0. The zero-order valence-electron chi connectivity index (χ0n) is 19.3. The highest BCUT2D eigenvalue weighted by molar-refractivity contribution is 5.86. The Labute approximate surface area is 209 Å². The first-order chi connectivity index (χ1) is 17.7. The predicted molar refractivity (Wildman–Crippen MR) is 125 cm³/mol. The summed E-state index contributed by atoms with van der Waals surface area (Å²) in [5.74, 6) is 0.106. The normalized spacial score (nSPS) is 32.3. The lowest BCUT2D eigenvalue weighted by atomic mass is 10.1. The van der Waals surface area contributed by atoms with Crippen molar-refractivity contribution in [1.82, 2.24) is 0 Å². The van der Waals surface area contributed by atoms with Crippen molar-refractivity contribution >= 4 is 11.0 Å². The molecule has 2 fully saturated rings. The number of aliphatic hydroxyl groups is 6. The highest BCUT2D eigenvalue weighted by Gasteiger charge is 2.41. The zero-order valence-corrected chi connectivity index (χ0v) is 19.3. The minimum Gasteiger partial charge on any atom is -0.462 e. The Morgan fingerprint density at radius 1 is 0.730 bits per heavy atom. The molecule has 0 saturated carbocycles. The Morgan fingerprint density at radius 2 is 1.32 bits per heavy atom. The lowest BCUT2D eigenvalue weighted by Gasteiger charge is -2.35. The van der Waals surface area contributed by atoms with Crippen molar-refractivity contribution in [2.24, 2.45) is 0 Å². The fourth-order valence-electron chi connectivity index (χ4n) is 4.16. The Kier molecular flexibility index (Phi) is 7.16. The molecule has 0 bridgehead atoms. The standard InChI is InChI=1S/C25H26O12/c26-13-8-16(11-4-2-1-3-5-11)36-17-6-12(35-24-22(31)20(29)14(27)9-33-24)7-18(19(13)17)37-25-23(32)21(30)15(28)10-34-25/h1-8,14-15,20-25,27-32H,9-10H2/t14-,15-,20?,21?,22?,23?,24-,25-/m0/s1. The maximum Gasteiger partial charge on any atom is 0.228 e. The lowest BCUT2D eigenvalue weighted by molar-refractivity contribution is -0.243. The molecule has 0 spiro atoms. The van der Waals surface area contributed by atoms with Crippen LogP contribution in [0.1, 0.15) is 0 Å². The van der Waals surface area contributed by atoms with E-state index in [9.17, 15) is 35.4 Å². The van der Waals surface area contributed by atoms with Crippen LogP contribution in [0.4, 0.5) is 0 Å². The van der Waals surface area contributed by atoms with Gasteiger partial charge in [0.25, 0.3) is 0 Å². The molecule has 2 saturated heterocycles. The van der Waals surface area contributed by atoms with Crippen molar-refractivity contribution in [3.8, 4) is 22.8 Å². The number of rotatable bonds is 5. The average Bonchev–Trinajstić information content (AvgIpc) is 2.89. The fraction of sp³-hybridized carbons (Fsp3) is 0.400. The van der Waals surface area contributed by atoms with Gasteiger partial charge in [-0.15, -0.1) is 0 Å². The van der Waals surface area contributed by atoms with Crippen LogP contribution in [0.15, 0.2) is 57.7 Å². The van der Waals surface area contributed by atoms with Crippen LogP contribution in [-0.2, 0) is 9.47 Å². The third kappa shape index (κ3) is 5.06. The Morgan fingerprint density at radius 3 is 1.95 bits per heavy atom. The molecule has 2 aliphatic rings. The molecule has 3 aromatic rings. The molecule has 37 heavy (non-hydrogen) atoms. The van der Waals surface area contributed by atoms with Crippen LogP contribution in [0, 0.1) is 0 Å². The highest BCUT2D eigenvalue weighted by Crippen LogP contribution is 2.35. The number of fused-ring (bicyclic) bond motifs is 1. The monoisotopic (exact) mass is 518 g/mol. The van der Waals surface area contributed by atoms with E-state index in [0.29, 0.717) is 5.56 Å². The number of benzene rings is 2.